The van der Waals surface area contributed by atoms with Crippen LogP contribution in [0.15, 0.2) is 42.2 Å². The molecular formula is C26H33NO2. The molecule has 0 amide bonds. The van der Waals surface area contributed by atoms with Gasteiger partial charge in [-0.1, -0.05) is 31.4 Å². The Morgan fingerprint density at radius 2 is 1.97 bits per heavy atom. The van der Waals surface area contributed by atoms with Gasteiger partial charge in [-0.15, -0.1) is 0 Å². The van der Waals surface area contributed by atoms with Gasteiger partial charge in [-0.25, -0.2) is 0 Å². The van der Waals surface area contributed by atoms with Crippen LogP contribution in [0.5, 0.6) is 11.5 Å². The summed E-state index contributed by atoms with van der Waals surface area (Å²) in [5.74, 6) is 1.84. The number of hydrogen-bond acceptors (Lipinski definition) is 3. The fraction of sp³-hybridized carbons (Fsp3) is 0.500. The molecule has 1 aliphatic heterocycles. The fourth-order valence-electron chi connectivity index (χ4n) is 5.21. The van der Waals surface area contributed by atoms with Gasteiger partial charge in [0, 0.05) is 35.4 Å². The lowest BCUT2D eigenvalue weighted by Crippen LogP contribution is -2.45. The van der Waals surface area contributed by atoms with E-state index in [-0.39, 0.29) is 11.5 Å². The third kappa shape index (κ3) is 3.68. The molecule has 1 aliphatic carbocycles. The topological polar surface area (TPSA) is 42.4 Å². The first-order valence-corrected chi connectivity index (χ1v) is 11.1. The van der Waals surface area contributed by atoms with Crippen LogP contribution >= 0.6 is 0 Å². The van der Waals surface area contributed by atoms with E-state index < -0.39 is 0 Å². The highest BCUT2D eigenvalue weighted by Gasteiger charge is 2.45. The van der Waals surface area contributed by atoms with Crippen molar-refractivity contribution < 1.29 is 9.84 Å². The first kappa shape index (κ1) is 20.0. The monoisotopic (exact) mass is 391 g/mol. The highest BCUT2D eigenvalue weighted by atomic mass is 16.5. The van der Waals surface area contributed by atoms with Crippen LogP contribution in [0.3, 0.4) is 0 Å². The summed E-state index contributed by atoms with van der Waals surface area (Å²) >= 11 is 0. The van der Waals surface area contributed by atoms with Gasteiger partial charge in [0.15, 0.2) is 0 Å². The third-order valence-corrected chi connectivity index (χ3v) is 6.75. The molecule has 1 N–H and O–H groups in total. The van der Waals surface area contributed by atoms with Crippen molar-refractivity contribution in [3.8, 4) is 22.6 Å². The molecule has 2 atom stereocenters. The number of aromatic hydroxyl groups is 1. The van der Waals surface area contributed by atoms with Crippen molar-refractivity contribution in [3.05, 3.63) is 53.4 Å². The van der Waals surface area contributed by atoms with Crippen molar-refractivity contribution in [2.24, 2.45) is 5.92 Å². The molecule has 29 heavy (non-hydrogen) atoms. The predicted octanol–water partition coefficient (Wildman–Crippen LogP) is 6.80. The Morgan fingerprint density at radius 3 is 2.69 bits per heavy atom. The van der Waals surface area contributed by atoms with Crippen molar-refractivity contribution in [2.45, 2.75) is 77.7 Å². The number of pyridine rings is 1. The molecule has 0 unspecified atom stereocenters. The summed E-state index contributed by atoms with van der Waals surface area (Å²) in [5, 5.41) is 11.6. The molecule has 0 fully saturated rings. The lowest BCUT2D eigenvalue weighted by Gasteiger charge is -2.46. The number of benzene rings is 1. The number of nitrogens with zero attached hydrogens (tertiary/aromatic N) is 1. The van der Waals surface area contributed by atoms with Crippen LogP contribution in [0.25, 0.3) is 11.1 Å². The second-order valence-corrected chi connectivity index (χ2v) is 9.25. The van der Waals surface area contributed by atoms with E-state index in [4.69, 9.17) is 4.74 Å². The standard InChI is InChI=1S/C26H33NO2/c1-5-6-7-8-19-16-22-24(25(28)23(19)18-11-13-27-14-12-18)20-15-17(2)9-10-21(20)26(3,4)29-22/h11-16,20-21,28H,5-10H2,1-4H3/t20-,21-/m1/s1. The number of ether oxygens (including phenoxy) is 1. The van der Waals surface area contributed by atoms with Gasteiger partial charge in [-0.05, 0) is 75.8 Å². The average Bonchev–Trinajstić information content (AvgIpc) is 2.68. The van der Waals surface area contributed by atoms with E-state index in [9.17, 15) is 5.11 Å². The zero-order valence-corrected chi connectivity index (χ0v) is 18.2. The van der Waals surface area contributed by atoms with Crippen LogP contribution in [0.1, 0.15) is 76.8 Å². The third-order valence-electron chi connectivity index (χ3n) is 6.75. The maximum atomic E-state index is 11.6. The Kier molecular flexibility index (Phi) is 5.42. The Bertz CT molecular complexity index is 914. The highest BCUT2D eigenvalue weighted by Crippen LogP contribution is 2.55. The molecule has 4 rings (SSSR count). The normalized spacial score (nSPS) is 22.3. The molecule has 0 saturated heterocycles. The SMILES string of the molecule is CCCCCc1cc2c(c(O)c1-c1ccncc1)[C@@H]1C=C(C)CC[C@H]1C(C)(C)O2. The number of phenolic OH excluding ortho intramolecular Hbond substituents is 1. The number of hydrogen-bond donors (Lipinski definition) is 1. The van der Waals surface area contributed by atoms with Crippen molar-refractivity contribution in [2.75, 3.05) is 0 Å². The largest absolute Gasteiger partial charge is 0.507 e. The van der Waals surface area contributed by atoms with Crippen molar-refractivity contribution >= 4 is 0 Å². The Morgan fingerprint density at radius 1 is 1.21 bits per heavy atom. The van der Waals surface area contributed by atoms with Gasteiger partial charge < -0.3 is 9.84 Å². The average molecular weight is 392 g/mol. The lowest BCUT2D eigenvalue weighted by atomic mass is 9.67. The molecule has 0 saturated carbocycles. The van der Waals surface area contributed by atoms with Crippen LogP contribution in [-0.4, -0.2) is 15.7 Å². The smallest absolute Gasteiger partial charge is 0.131 e. The molecule has 0 radical (unpaired) electrons. The number of unbranched alkanes of at least 4 members (excludes halogenated alkanes) is 2. The predicted molar refractivity (Wildman–Crippen MR) is 118 cm³/mol. The summed E-state index contributed by atoms with van der Waals surface area (Å²) in [4.78, 5) is 4.17. The minimum Gasteiger partial charge on any atom is -0.507 e. The van der Waals surface area contributed by atoms with E-state index in [0.29, 0.717) is 11.7 Å². The lowest BCUT2D eigenvalue weighted by molar-refractivity contribution is 0.0108. The van der Waals surface area contributed by atoms with Crippen molar-refractivity contribution in [1.29, 1.82) is 0 Å². The van der Waals surface area contributed by atoms with Gasteiger partial charge in [0.1, 0.15) is 17.1 Å². The van der Waals surface area contributed by atoms with Crippen LogP contribution in [0.2, 0.25) is 0 Å². The summed E-state index contributed by atoms with van der Waals surface area (Å²) in [5.41, 5.74) is 5.31. The summed E-state index contributed by atoms with van der Waals surface area (Å²) in [6.07, 6.45) is 12.6. The number of phenols is 1. The van der Waals surface area contributed by atoms with E-state index >= 15 is 0 Å². The van der Waals surface area contributed by atoms with E-state index in [1.807, 2.05) is 12.1 Å². The molecule has 0 bridgehead atoms. The number of fused-ring (bicyclic) bond motifs is 3. The number of aryl methyl sites for hydroxylation is 1. The van der Waals surface area contributed by atoms with Gasteiger partial charge in [0.25, 0.3) is 0 Å². The Balaban J connectivity index is 1.91. The zero-order chi connectivity index (χ0) is 20.6. The van der Waals surface area contributed by atoms with Gasteiger partial charge in [-0.3, -0.25) is 4.98 Å². The van der Waals surface area contributed by atoms with E-state index in [1.165, 1.54) is 24.0 Å². The zero-order valence-electron chi connectivity index (χ0n) is 18.2. The molecule has 3 nitrogen and oxygen atoms in total. The number of aromatic nitrogens is 1. The molecular weight excluding hydrogens is 358 g/mol. The van der Waals surface area contributed by atoms with Gasteiger partial charge in [0.05, 0.1) is 0 Å². The van der Waals surface area contributed by atoms with E-state index in [2.05, 4.69) is 44.8 Å². The second kappa shape index (κ2) is 7.85. The minimum absolute atomic E-state index is 0.202. The van der Waals surface area contributed by atoms with Crippen LogP contribution in [0.4, 0.5) is 0 Å². The van der Waals surface area contributed by atoms with Crippen LogP contribution < -0.4 is 4.74 Å². The Hall–Kier alpha value is -2.29. The fourth-order valence-corrected chi connectivity index (χ4v) is 5.21. The molecule has 3 heteroatoms. The maximum absolute atomic E-state index is 11.6. The first-order chi connectivity index (χ1) is 13.9. The Labute approximate surface area is 174 Å². The summed E-state index contributed by atoms with van der Waals surface area (Å²) < 4.78 is 6.54. The second-order valence-electron chi connectivity index (χ2n) is 9.25. The van der Waals surface area contributed by atoms with E-state index in [1.54, 1.807) is 12.4 Å². The highest BCUT2D eigenvalue weighted by molar-refractivity contribution is 5.78. The number of allylic oxidation sites excluding steroid dienone is 2. The quantitative estimate of drug-likeness (QED) is 0.450. The van der Waals surface area contributed by atoms with Gasteiger partial charge in [0.2, 0.25) is 0 Å². The molecule has 1 aromatic carbocycles. The molecule has 0 spiro atoms. The first-order valence-electron chi connectivity index (χ1n) is 11.1. The van der Waals surface area contributed by atoms with Gasteiger partial charge >= 0.3 is 0 Å². The van der Waals surface area contributed by atoms with Gasteiger partial charge in [-0.2, -0.15) is 0 Å². The summed E-state index contributed by atoms with van der Waals surface area (Å²) in [6.45, 7) is 8.83. The summed E-state index contributed by atoms with van der Waals surface area (Å²) in [7, 11) is 0. The van der Waals surface area contributed by atoms with Crippen molar-refractivity contribution in [1.82, 2.24) is 4.98 Å². The molecule has 1 aromatic heterocycles. The molecule has 2 heterocycles. The molecule has 154 valence electrons. The van der Waals surface area contributed by atoms with Crippen LogP contribution in [0, 0.1) is 5.92 Å². The van der Waals surface area contributed by atoms with E-state index in [0.717, 1.165) is 48.1 Å². The number of rotatable bonds is 5. The molecule has 2 aromatic rings. The molecule has 2 aliphatic rings. The maximum Gasteiger partial charge on any atom is 0.131 e. The summed E-state index contributed by atoms with van der Waals surface area (Å²) in [6, 6.07) is 6.20. The minimum atomic E-state index is -0.236. The van der Waals surface area contributed by atoms with Crippen molar-refractivity contribution in [3.63, 3.8) is 0 Å². The van der Waals surface area contributed by atoms with Crippen LogP contribution in [-0.2, 0) is 6.42 Å².